The molecule has 0 aromatic carbocycles. The maximum Gasteiger partial charge on any atom is 0.192 e. The van der Waals surface area contributed by atoms with Gasteiger partial charge in [0.1, 0.15) is 12.2 Å². The molecule has 2 aliphatic heterocycles. The van der Waals surface area contributed by atoms with E-state index in [0.717, 1.165) is 6.42 Å². The van der Waals surface area contributed by atoms with Gasteiger partial charge in [0, 0.05) is 5.41 Å². The maximum atomic E-state index is 12.5. The number of hydrogen-bond acceptors (Lipinski definition) is 4. The number of rotatable bonds is 0. The number of carbonyl (C=O) groups is 1. The van der Waals surface area contributed by atoms with E-state index in [1.165, 1.54) is 0 Å². The molecule has 0 amide bonds. The molecule has 1 fully saturated rings. The summed E-state index contributed by atoms with van der Waals surface area (Å²) in [7, 11) is 0. The Bertz CT molecular complexity index is 522. The van der Waals surface area contributed by atoms with E-state index in [4.69, 9.17) is 4.74 Å². The van der Waals surface area contributed by atoms with E-state index < -0.39 is 23.6 Å². The molecule has 6 atom stereocenters. The minimum Gasteiger partial charge on any atom is -0.385 e. The van der Waals surface area contributed by atoms with Gasteiger partial charge in [0.15, 0.2) is 5.78 Å². The molecule has 0 radical (unpaired) electrons. The van der Waals surface area contributed by atoms with Gasteiger partial charge in [-0.25, -0.2) is 0 Å². The summed E-state index contributed by atoms with van der Waals surface area (Å²) in [6.45, 7) is 9.96. The molecule has 0 saturated carbocycles. The van der Waals surface area contributed by atoms with Crippen molar-refractivity contribution in [2.45, 2.75) is 77.8 Å². The van der Waals surface area contributed by atoms with Gasteiger partial charge in [-0.3, -0.25) is 4.79 Å². The second-order valence-corrected chi connectivity index (χ2v) is 8.39. The number of carbonyl (C=O) groups excluding carboxylic acids is 1. The number of allylic oxidation sites excluding steroid dienone is 3. The molecule has 136 valence electrons. The van der Waals surface area contributed by atoms with Crippen LogP contribution in [0.2, 0.25) is 0 Å². The Labute approximate surface area is 145 Å². The Morgan fingerprint density at radius 3 is 2.50 bits per heavy atom. The zero-order valence-electron chi connectivity index (χ0n) is 15.5. The van der Waals surface area contributed by atoms with Crippen LogP contribution in [-0.2, 0) is 9.53 Å². The fraction of sp³-hybridized carbons (Fsp3) is 0.750. The van der Waals surface area contributed by atoms with Gasteiger partial charge in [-0.2, -0.15) is 0 Å². The number of ketones is 1. The molecule has 2 bridgehead atoms. The Kier molecular flexibility index (Phi) is 5.73. The van der Waals surface area contributed by atoms with Crippen LogP contribution in [0, 0.1) is 17.3 Å². The molecule has 24 heavy (non-hydrogen) atoms. The molecular formula is C20H32O4. The molecule has 4 heteroatoms. The average molecular weight is 336 g/mol. The van der Waals surface area contributed by atoms with Crippen molar-refractivity contribution < 1.29 is 19.7 Å². The zero-order chi connectivity index (χ0) is 18.1. The molecule has 2 rings (SSSR count). The summed E-state index contributed by atoms with van der Waals surface area (Å²) in [5.41, 5.74) is -1.11. The van der Waals surface area contributed by atoms with Crippen molar-refractivity contribution in [3.05, 3.63) is 24.3 Å². The Morgan fingerprint density at radius 2 is 1.83 bits per heavy atom. The van der Waals surface area contributed by atoms with Crippen LogP contribution in [0.3, 0.4) is 0 Å². The Morgan fingerprint density at radius 1 is 1.17 bits per heavy atom. The lowest BCUT2D eigenvalue weighted by Crippen LogP contribution is -2.50. The van der Waals surface area contributed by atoms with Gasteiger partial charge in [-0.1, -0.05) is 52.0 Å². The van der Waals surface area contributed by atoms with Crippen LogP contribution in [0.4, 0.5) is 0 Å². The Hall–Kier alpha value is -0.970. The van der Waals surface area contributed by atoms with Crippen molar-refractivity contribution in [3.63, 3.8) is 0 Å². The molecule has 2 N–H and O–H groups in total. The fourth-order valence-corrected chi connectivity index (χ4v) is 3.54. The van der Waals surface area contributed by atoms with Gasteiger partial charge in [-0.05, 0) is 38.0 Å². The highest BCUT2D eigenvalue weighted by molar-refractivity contribution is 5.88. The first-order valence-corrected chi connectivity index (χ1v) is 9.00. The summed E-state index contributed by atoms with van der Waals surface area (Å²) in [5.74, 6) is -0.483. The standard InChI is InChI=1S/C20H32O4/c1-13-7-6-8-14(2)16(21)17(22)18(23)20(5)12-10-15(24-20)19(3,4)11-9-13/h6-7,9,11,13-16,18,21,23H,8,10,12H2,1-5H3/b7-6+,11-9+/t13-,14-,15+,16-,18-,20-/m0/s1. The molecule has 0 aromatic heterocycles. The molecule has 0 spiro atoms. The summed E-state index contributed by atoms with van der Waals surface area (Å²) in [4.78, 5) is 12.5. The van der Waals surface area contributed by atoms with E-state index in [2.05, 4.69) is 39.0 Å². The SMILES string of the molecule is C[C@H]1/C=C/C[C@H](C)[C@H](O)C(=O)[C@H](O)[C@]2(C)CC[C@@H](O2)C(C)(C)/C=C/1. The lowest BCUT2D eigenvalue weighted by molar-refractivity contribution is -0.162. The average Bonchev–Trinajstić information content (AvgIpc) is 2.94. The van der Waals surface area contributed by atoms with Gasteiger partial charge in [0.25, 0.3) is 0 Å². The molecule has 0 aliphatic carbocycles. The van der Waals surface area contributed by atoms with E-state index in [1.54, 1.807) is 6.92 Å². The van der Waals surface area contributed by atoms with E-state index >= 15 is 0 Å². The fourth-order valence-electron chi connectivity index (χ4n) is 3.54. The van der Waals surface area contributed by atoms with Crippen molar-refractivity contribution in [3.8, 4) is 0 Å². The summed E-state index contributed by atoms with van der Waals surface area (Å²) >= 11 is 0. The van der Waals surface area contributed by atoms with Gasteiger partial charge >= 0.3 is 0 Å². The molecule has 2 heterocycles. The van der Waals surface area contributed by atoms with Crippen molar-refractivity contribution in [1.29, 1.82) is 0 Å². The van der Waals surface area contributed by atoms with Crippen molar-refractivity contribution in [2.24, 2.45) is 17.3 Å². The highest BCUT2D eigenvalue weighted by atomic mass is 16.5. The van der Waals surface area contributed by atoms with E-state index in [0.29, 0.717) is 12.8 Å². The largest absolute Gasteiger partial charge is 0.385 e. The molecule has 0 unspecified atom stereocenters. The monoisotopic (exact) mass is 336 g/mol. The maximum absolute atomic E-state index is 12.5. The van der Waals surface area contributed by atoms with Gasteiger partial charge in [0.05, 0.1) is 11.7 Å². The second-order valence-electron chi connectivity index (χ2n) is 8.39. The lowest BCUT2D eigenvalue weighted by atomic mass is 9.83. The third-order valence-corrected chi connectivity index (χ3v) is 5.60. The smallest absolute Gasteiger partial charge is 0.192 e. The van der Waals surface area contributed by atoms with Crippen LogP contribution in [-0.4, -0.2) is 39.9 Å². The number of aliphatic hydroxyl groups excluding tert-OH is 2. The highest BCUT2D eigenvalue weighted by Gasteiger charge is 2.49. The predicted molar refractivity (Wildman–Crippen MR) is 94.5 cm³/mol. The van der Waals surface area contributed by atoms with Gasteiger partial charge in [0.2, 0.25) is 0 Å². The third-order valence-electron chi connectivity index (χ3n) is 5.60. The molecule has 4 nitrogen and oxygen atoms in total. The summed E-state index contributed by atoms with van der Waals surface area (Å²) in [5, 5.41) is 20.9. The minimum absolute atomic E-state index is 0.0603. The van der Waals surface area contributed by atoms with Crippen LogP contribution in [0.15, 0.2) is 24.3 Å². The van der Waals surface area contributed by atoms with E-state index in [-0.39, 0.29) is 23.4 Å². The highest BCUT2D eigenvalue weighted by Crippen LogP contribution is 2.42. The second kappa shape index (κ2) is 7.11. The van der Waals surface area contributed by atoms with E-state index in [9.17, 15) is 15.0 Å². The van der Waals surface area contributed by atoms with Crippen LogP contribution >= 0.6 is 0 Å². The van der Waals surface area contributed by atoms with E-state index in [1.807, 2.05) is 13.0 Å². The summed E-state index contributed by atoms with van der Waals surface area (Å²) < 4.78 is 6.16. The third kappa shape index (κ3) is 3.98. The zero-order valence-corrected chi connectivity index (χ0v) is 15.5. The van der Waals surface area contributed by atoms with Crippen molar-refractivity contribution in [1.82, 2.24) is 0 Å². The molecule has 0 aromatic rings. The number of ether oxygens (including phenoxy) is 1. The first-order valence-electron chi connectivity index (χ1n) is 9.00. The van der Waals surface area contributed by atoms with Gasteiger partial charge in [-0.15, -0.1) is 0 Å². The summed E-state index contributed by atoms with van der Waals surface area (Å²) in [6.07, 6.45) is 7.90. The van der Waals surface area contributed by atoms with Crippen LogP contribution in [0.25, 0.3) is 0 Å². The number of aliphatic hydroxyl groups is 2. The van der Waals surface area contributed by atoms with Crippen LogP contribution in [0.5, 0.6) is 0 Å². The molecule has 2 aliphatic rings. The first-order chi connectivity index (χ1) is 11.1. The molecule has 1 saturated heterocycles. The lowest BCUT2D eigenvalue weighted by Gasteiger charge is -2.35. The van der Waals surface area contributed by atoms with Crippen LogP contribution in [0.1, 0.15) is 53.9 Å². The number of fused-ring (bicyclic) bond motifs is 2. The summed E-state index contributed by atoms with van der Waals surface area (Å²) in [6, 6.07) is 0. The van der Waals surface area contributed by atoms with Crippen molar-refractivity contribution in [2.75, 3.05) is 0 Å². The van der Waals surface area contributed by atoms with Gasteiger partial charge < -0.3 is 14.9 Å². The Balaban J connectivity index is 2.34. The minimum atomic E-state index is -1.30. The normalized spacial score (nSPS) is 46.3. The predicted octanol–water partition coefficient (Wildman–Crippen LogP) is 3.03. The quantitative estimate of drug-likeness (QED) is 0.667. The topological polar surface area (TPSA) is 66.8 Å². The molecular weight excluding hydrogens is 304 g/mol. The number of Topliss-reactive ketones (excluding diaryl/α,β-unsaturated/α-hetero) is 1. The first kappa shape index (κ1) is 19.4. The number of hydrogen-bond donors (Lipinski definition) is 2. The van der Waals surface area contributed by atoms with Crippen LogP contribution < -0.4 is 0 Å². The van der Waals surface area contributed by atoms with Crippen molar-refractivity contribution >= 4 is 5.78 Å².